The molecule has 1 saturated heterocycles. The number of carboxylic acids is 1. The topological polar surface area (TPSA) is 215 Å². The van der Waals surface area contributed by atoms with E-state index in [0.29, 0.717) is 13.1 Å². The molecule has 0 aliphatic carbocycles. The second kappa shape index (κ2) is 35.4. The molecule has 340 valence electrons. The van der Waals surface area contributed by atoms with Gasteiger partial charge in [-0.15, -0.1) is 0 Å². The van der Waals surface area contributed by atoms with Crippen LogP contribution in [0.25, 0.3) is 0 Å². The van der Waals surface area contributed by atoms with Gasteiger partial charge in [0.1, 0.15) is 30.5 Å². The molecule has 7 N–H and O–H groups in total. The summed E-state index contributed by atoms with van der Waals surface area (Å²) in [5.74, 6) is -2.83. The number of aliphatic hydroxyl groups is 4. The number of aliphatic carboxylic acids is 1. The number of hydrogen-bond donors (Lipinski definition) is 7. The van der Waals surface area contributed by atoms with E-state index in [2.05, 4.69) is 24.5 Å². The van der Waals surface area contributed by atoms with Gasteiger partial charge in [0.15, 0.2) is 6.29 Å². The Hall–Kier alpha value is -2.36. The summed E-state index contributed by atoms with van der Waals surface area (Å²) in [4.78, 5) is 52.4. The van der Waals surface area contributed by atoms with E-state index in [1.54, 1.807) is 0 Å². The molecule has 0 aromatic rings. The first-order valence-electron chi connectivity index (χ1n) is 23.0. The third-order valence-electron chi connectivity index (χ3n) is 11.1. The summed E-state index contributed by atoms with van der Waals surface area (Å²) in [7, 11) is 0. The largest absolute Gasteiger partial charge is 0.480 e. The van der Waals surface area contributed by atoms with Crippen LogP contribution in [-0.2, 0) is 28.7 Å². The first kappa shape index (κ1) is 53.7. The lowest BCUT2D eigenvalue weighted by Gasteiger charge is -2.39. The summed E-state index contributed by atoms with van der Waals surface area (Å²) >= 11 is 0. The number of ether oxygens (including phenoxy) is 2. The van der Waals surface area contributed by atoms with Gasteiger partial charge in [-0.3, -0.25) is 14.4 Å². The van der Waals surface area contributed by atoms with Crippen molar-refractivity contribution in [3.05, 3.63) is 0 Å². The van der Waals surface area contributed by atoms with Crippen LogP contribution < -0.4 is 10.6 Å². The summed E-state index contributed by atoms with van der Waals surface area (Å²) in [6.45, 7) is 4.84. The molecule has 1 rings (SSSR count). The molecule has 14 heteroatoms. The smallest absolute Gasteiger partial charge is 0.326 e. The Morgan fingerprint density at radius 2 is 1.07 bits per heavy atom. The Morgan fingerprint density at radius 3 is 1.50 bits per heavy atom. The number of hydrogen-bond acceptors (Lipinski definition) is 10. The molecular weight excluding hydrogens is 746 g/mol. The normalized spacial score (nSPS) is 19.8. The zero-order chi connectivity index (χ0) is 42.8. The molecule has 0 spiro atoms. The van der Waals surface area contributed by atoms with Crippen LogP contribution in [0.2, 0.25) is 0 Å². The zero-order valence-electron chi connectivity index (χ0n) is 36.2. The van der Waals surface area contributed by atoms with Crippen LogP contribution in [-0.4, -0.2) is 124 Å². The first-order valence-corrected chi connectivity index (χ1v) is 23.0. The van der Waals surface area contributed by atoms with Crippen molar-refractivity contribution >= 4 is 23.7 Å². The van der Waals surface area contributed by atoms with E-state index in [-0.39, 0.29) is 31.9 Å². The molecule has 0 bridgehead atoms. The van der Waals surface area contributed by atoms with Crippen LogP contribution in [0, 0.1) is 0 Å². The summed E-state index contributed by atoms with van der Waals surface area (Å²) < 4.78 is 10.6. The zero-order valence-corrected chi connectivity index (χ0v) is 36.2. The molecule has 1 unspecified atom stereocenters. The Labute approximate surface area is 349 Å². The van der Waals surface area contributed by atoms with Crippen molar-refractivity contribution < 1.29 is 54.2 Å². The van der Waals surface area contributed by atoms with E-state index in [4.69, 9.17) is 9.47 Å². The molecule has 0 saturated carbocycles. The second-order valence-electron chi connectivity index (χ2n) is 16.2. The molecule has 1 heterocycles. The van der Waals surface area contributed by atoms with Gasteiger partial charge in [0.2, 0.25) is 17.7 Å². The Morgan fingerprint density at radius 1 is 0.621 bits per heavy atom. The lowest BCUT2D eigenvalue weighted by Crippen LogP contribution is -2.59. The number of amides is 3. The van der Waals surface area contributed by atoms with Crippen molar-refractivity contribution in [2.75, 3.05) is 32.8 Å². The number of carbonyl (C=O) groups is 4. The van der Waals surface area contributed by atoms with Crippen molar-refractivity contribution in [3.8, 4) is 0 Å². The highest BCUT2D eigenvalue weighted by Crippen LogP contribution is 2.22. The molecule has 58 heavy (non-hydrogen) atoms. The fourth-order valence-corrected chi connectivity index (χ4v) is 7.32. The van der Waals surface area contributed by atoms with E-state index in [1.165, 1.54) is 116 Å². The Balaban J connectivity index is 2.48. The minimum Gasteiger partial charge on any atom is -0.480 e. The molecule has 0 radical (unpaired) electrons. The minimum atomic E-state index is -1.61. The molecule has 0 aromatic carbocycles. The third kappa shape index (κ3) is 26.0. The summed E-state index contributed by atoms with van der Waals surface area (Å²) in [5.41, 5.74) is 0. The lowest BCUT2D eigenvalue weighted by molar-refractivity contribution is -0.300. The number of nitrogens with one attached hydrogen (secondary N) is 2. The minimum absolute atomic E-state index is 0.0455. The van der Waals surface area contributed by atoms with E-state index < -0.39 is 67.6 Å². The number of carboxylic acid groups (broad SMARTS) is 1. The second-order valence-corrected chi connectivity index (χ2v) is 16.2. The molecule has 3 amide bonds. The van der Waals surface area contributed by atoms with Gasteiger partial charge in [-0.2, -0.15) is 0 Å². The molecule has 1 aliphatic rings. The molecule has 1 aliphatic heterocycles. The van der Waals surface area contributed by atoms with Crippen molar-refractivity contribution in [2.45, 2.75) is 224 Å². The van der Waals surface area contributed by atoms with Gasteiger partial charge in [-0.1, -0.05) is 155 Å². The number of aliphatic hydroxyl groups excluding tert-OH is 4. The van der Waals surface area contributed by atoms with Crippen LogP contribution in [0.15, 0.2) is 0 Å². The average molecular weight is 830 g/mol. The lowest BCUT2D eigenvalue weighted by atomic mass is 9.99. The van der Waals surface area contributed by atoms with E-state index in [0.717, 1.165) is 38.5 Å². The van der Waals surface area contributed by atoms with Crippen LogP contribution in [0.3, 0.4) is 0 Å². The van der Waals surface area contributed by atoms with Crippen LogP contribution in [0.5, 0.6) is 0 Å². The van der Waals surface area contributed by atoms with Crippen molar-refractivity contribution in [2.24, 2.45) is 0 Å². The standard InChI is InChI=1S/C44H83N3O11/c1-3-5-7-9-11-13-15-17-19-21-23-25-30-47(31-26-24-22-20-18-16-14-12-10-8-6-4-2)39(51)28-27-37(49)46-35(43(55)56)33-38(50)45-29-32-57-44-42(54)41(53)40(52)36(34-48)58-44/h35-36,40-42,44,48,52-54H,3-34H2,1-2H3,(H,45,50)(H,46,49)(H,55,56)/t35?,36-,40-,41+,42-,44-/m1/s1. The predicted octanol–water partition coefficient (Wildman–Crippen LogP) is 5.89. The van der Waals surface area contributed by atoms with Gasteiger partial charge >= 0.3 is 5.97 Å². The first-order chi connectivity index (χ1) is 28.0. The van der Waals surface area contributed by atoms with Gasteiger partial charge in [0.25, 0.3) is 0 Å². The van der Waals surface area contributed by atoms with E-state index >= 15 is 0 Å². The number of nitrogens with zero attached hydrogens (tertiary/aromatic N) is 1. The fourth-order valence-electron chi connectivity index (χ4n) is 7.32. The molecule has 0 aromatic heterocycles. The molecular formula is C44H83N3O11. The maximum atomic E-state index is 13.4. The number of rotatable bonds is 38. The van der Waals surface area contributed by atoms with Gasteiger partial charge in [-0.25, -0.2) is 4.79 Å². The van der Waals surface area contributed by atoms with Gasteiger partial charge < -0.3 is 50.5 Å². The van der Waals surface area contributed by atoms with E-state index in [9.17, 15) is 44.7 Å². The Bertz CT molecular complexity index is 1040. The van der Waals surface area contributed by atoms with Crippen LogP contribution >= 0.6 is 0 Å². The quantitative estimate of drug-likeness (QED) is 0.0365. The van der Waals surface area contributed by atoms with Crippen molar-refractivity contribution in [3.63, 3.8) is 0 Å². The predicted molar refractivity (Wildman–Crippen MR) is 225 cm³/mol. The monoisotopic (exact) mass is 830 g/mol. The molecule has 6 atom stereocenters. The molecule has 14 nitrogen and oxygen atoms in total. The summed E-state index contributed by atoms with van der Waals surface area (Å²) in [5, 5.41) is 53.6. The highest BCUT2D eigenvalue weighted by Gasteiger charge is 2.44. The maximum Gasteiger partial charge on any atom is 0.326 e. The summed E-state index contributed by atoms with van der Waals surface area (Å²) in [6, 6.07) is -1.51. The Kier molecular flexibility index (Phi) is 32.8. The number of unbranched alkanes of at least 4 members (excludes halogenated alkanes) is 22. The van der Waals surface area contributed by atoms with Gasteiger partial charge in [0, 0.05) is 32.5 Å². The fraction of sp³-hybridized carbons (Fsp3) is 0.909. The third-order valence-corrected chi connectivity index (χ3v) is 11.1. The highest BCUT2D eigenvalue weighted by atomic mass is 16.7. The maximum absolute atomic E-state index is 13.4. The summed E-state index contributed by atoms with van der Waals surface area (Å²) in [6.07, 6.45) is 21.6. The molecule has 1 fully saturated rings. The van der Waals surface area contributed by atoms with Crippen molar-refractivity contribution in [1.29, 1.82) is 0 Å². The average Bonchev–Trinajstić information content (AvgIpc) is 3.21. The van der Waals surface area contributed by atoms with E-state index in [1.807, 2.05) is 4.90 Å². The van der Waals surface area contributed by atoms with Crippen molar-refractivity contribution in [1.82, 2.24) is 15.5 Å². The SMILES string of the molecule is CCCCCCCCCCCCCCN(CCCCCCCCCCCCCC)C(=O)CCC(=O)NC(CC(=O)NCCO[C@@H]1O[C@H](CO)[C@@H](O)[C@H](O)[C@H]1O)C(=O)O. The number of carbonyl (C=O) groups excluding carboxylic acids is 3. The highest BCUT2D eigenvalue weighted by molar-refractivity contribution is 5.90. The van der Waals surface area contributed by atoms with Crippen LogP contribution in [0.1, 0.15) is 187 Å². The van der Waals surface area contributed by atoms with Crippen LogP contribution in [0.4, 0.5) is 0 Å². The van der Waals surface area contributed by atoms with Gasteiger partial charge in [-0.05, 0) is 12.8 Å². The van der Waals surface area contributed by atoms with Gasteiger partial charge in [0.05, 0.1) is 19.6 Å².